The summed E-state index contributed by atoms with van der Waals surface area (Å²) in [5.41, 5.74) is 8.48. The van der Waals surface area contributed by atoms with E-state index >= 15 is 0 Å². The molecule has 0 saturated heterocycles. The maximum Gasteiger partial charge on any atom is 0.243 e. The number of nitrogens with one attached hydrogen (secondary N) is 4. The second kappa shape index (κ2) is 11.5. The molecule has 1 aromatic heterocycles. The second-order valence-corrected chi connectivity index (χ2v) is 8.75. The third-order valence-corrected chi connectivity index (χ3v) is 5.77. The molecule has 0 aliphatic heterocycles. The lowest BCUT2D eigenvalue weighted by molar-refractivity contribution is -0.132. The maximum atomic E-state index is 13.3. The summed E-state index contributed by atoms with van der Waals surface area (Å²) in [4.78, 5) is 52.4. The lowest BCUT2D eigenvalue weighted by Crippen LogP contribution is -2.55. The number of aryl methyl sites for hydroxylation is 1. The third kappa shape index (κ3) is 7.07. The van der Waals surface area contributed by atoms with Gasteiger partial charge >= 0.3 is 0 Å². The van der Waals surface area contributed by atoms with Gasteiger partial charge in [-0.1, -0.05) is 41.9 Å². The van der Waals surface area contributed by atoms with Crippen LogP contribution in [0, 0.1) is 6.92 Å². The summed E-state index contributed by atoms with van der Waals surface area (Å²) >= 11 is 6.18. The first-order valence-corrected chi connectivity index (χ1v) is 11.5. The van der Waals surface area contributed by atoms with E-state index in [1.54, 1.807) is 12.1 Å². The average molecular weight is 498 g/mol. The topological polar surface area (TPSA) is 146 Å². The Balaban J connectivity index is 1.85. The summed E-state index contributed by atoms with van der Waals surface area (Å²) in [7, 11) is 0. The first kappa shape index (κ1) is 25.8. The standard InChI is InChI=1S/C25H28ClN5O4/c1-14-18(19-11-17(26)8-9-20(19)29-14)12-22(30-15(2)32)25(35)31-21(24(34)28-13-23(27)33)10-16-6-4-3-5-7-16/h3-9,11,21-22,29H,10,12-13H2,1-2H3,(H2,27,33)(H,28,34)(H,30,32)(H,31,35)/t21-,22+/m0/s1. The highest BCUT2D eigenvalue weighted by Crippen LogP contribution is 2.26. The minimum absolute atomic E-state index is 0.179. The number of nitrogens with two attached hydrogens (primary N) is 1. The van der Waals surface area contributed by atoms with Crippen LogP contribution in [0.5, 0.6) is 0 Å². The van der Waals surface area contributed by atoms with Gasteiger partial charge in [-0.25, -0.2) is 0 Å². The summed E-state index contributed by atoms with van der Waals surface area (Å²) < 4.78 is 0. The van der Waals surface area contributed by atoms with Crippen LogP contribution in [-0.4, -0.2) is 47.2 Å². The normalized spacial score (nSPS) is 12.5. The van der Waals surface area contributed by atoms with Crippen molar-refractivity contribution in [3.8, 4) is 0 Å². The molecule has 0 aliphatic carbocycles. The number of hydrogen-bond donors (Lipinski definition) is 5. The number of H-pyrrole nitrogens is 1. The Hall–Kier alpha value is -3.85. The van der Waals surface area contributed by atoms with Crippen LogP contribution in [0.15, 0.2) is 48.5 Å². The predicted molar refractivity (Wildman–Crippen MR) is 134 cm³/mol. The van der Waals surface area contributed by atoms with Crippen LogP contribution in [-0.2, 0) is 32.0 Å². The molecule has 6 N–H and O–H groups in total. The summed E-state index contributed by atoms with van der Waals surface area (Å²) in [6.07, 6.45) is 0.365. The Morgan fingerprint density at radius 1 is 0.971 bits per heavy atom. The van der Waals surface area contributed by atoms with E-state index < -0.39 is 35.7 Å². The van der Waals surface area contributed by atoms with Crippen LogP contribution in [0.3, 0.4) is 0 Å². The Morgan fingerprint density at radius 2 is 1.66 bits per heavy atom. The van der Waals surface area contributed by atoms with Gasteiger partial charge in [0.25, 0.3) is 0 Å². The van der Waals surface area contributed by atoms with Crippen molar-refractivity contribution < 1.29 is 19.2 Å². The van der Waals surface area contributed by atoms with E-state index in [2.05, 4.69) is 20.9 Å². The van der Waals surface area contributed by atoms with Crippen LogP contribution >= 0.6 is 11.6 Å². The van der Waals surface area contributed by atoms with Crippen molar-refractivity contribution in [2.24, 2.45) is 5.73 Å². The molecule has 0 bridgehead atoms. The number of hydrogen-bond acceptors (Lipinski definition) is 4. The quantitative estimate of drug-likeness (QED) is 0.289. The number of primary amides is 1. The fourth-order valence-corrected chi connectivity index (χ4v) is 4.08. The van der Waals surface area contributed by atoms with Crippen molar-refractivity contribution in [1.29, 1.82) is 0 Å². The predicted octanol–water partition coefficient (Wildman–Crippen LogP) is 1.51. The molecule has 3 rings (SSSR count). The number of amides is 4. The molecule has 0 spiro atoms. The van der Waals surface area contributed by atoms with Crippen molar-refractivity contribution >= 4 is 46.1 Å². The molecular formula is C25H28ClN5O4. The first-order valence-electron chi connectivity index (χ1n) is 11.1. The van der Waals surface area contributed by atoms with Gasteiger partial charge in [0, 0.05) is 41.4 Å². The first-order chi connectivity index (χ1) is 16.6. The van der Waals surface area contributed by atoms with Gasteiger partial charge in [0.1, 0.15) is 12.1 Å². The molecule has 0 unspecified atom stereocenters. The number of fused-ring (bicyclic) bond motifs is 1. The molecule has 1 heterocycles. The molecule has 0 radical (unpaired) electrons. The van der Waals surface area contributed by atoms with Gasteiger partial charge in [-0.2, -0.15) is 0 Å². The van der Waals surface area contributed by atoms with Crippen molar-refractivity contribution in [2.75, 3.05) is 6.54 Å². The van der Waals surface area contributed by atoms with E-state index in [9.17, 15) is 19.2 Å². The highest BCUT2D eigenvalue weighted by atomic mass is 35.5. The van der Waals surface area contributed by atoms with Gasteiger partial charge in [-0.05, 0) is 36.2 Å². The van der Waals surface area contributed by atoms with Gasteiger partial charge in [0.2, 0.25) is 23.6 Å². The SMILES string of the molecule is CC(=O)N[C@H](Cc1c(C)[nH]c2ccc(Cl)cc12)C(=O)N[C@@H](Cc1ccccc1)C(=O)NCC(N)=O. The highest BCUT2D eigenvalue weighted by Gasteiger charge is 2.28. The van der Waals surface area contributed by atoms with Crippen LogP contribution in [0.2, 0.25) is 5.02 Å². The van der Waals surface area contributed by atoms with E-state index in [-0.39, 0.29) is 19.4 Å². The largest absolute Gasteiger partial charge is 0.368 e. The fraction of sp³-hybridized carbons (Fsp3) is 0.280. The van der Waals surface area contributed by atoms with Crippen LogP contribution < -0.4 is 21.7 Å². The monoisotopic (exact) mass is 497 g/mol. The van der Waals surface area contributed by atoms with Gasteiger partial charge in [-0.3, -0.25) is 19.2 Å². The van der Waals surface area contributed by atoms with Crippen LogP contribution in [0.25, 0.3) is 10.9 Å². The summed E-state index contributed by atoms with van der Waals surface area (Å²) in [6, 6.07) is 12.6. The molecule has 4 amide bonds. The minimum Gasteiger partial charge on any atom is -0.368 e. The zero-order valence-corrected chi connectivity index (χ0v) is 20.2. The van der Waals surface area contributed by atoms with Crippen molar-refractivity contribution in [3.05, 3.63) is 70.4 Å². The number of benzene rings is 2. The molecule has 10 heteroatoms. The average Bonchev–Trinajstić information content (AvgIpc) is 3.11. The van der Waals surface area contributed by atoms with E-state index in [1.807, 2.05) is 43.3 Å². The molecule has 9 nitrogen and oxygen atoms in total. The molecule has 0 aliphatic rings. The van der Waals surface area contributed by atoms with Crippen molar-refractivity contribution in [1.82, 2.24) is 20.9 Å². The minimum atomic E-state index is -0.987. The number of aromatic amines is 1. The van der Waals surface area contributed by atoms with Crippen LogP contribution in [0.4, 0.5) is 0 Å². The smallest absolute Gasteiger partial charge is 0.243 e. The highest BCUT2D eigenvalue weighted by molar-refractivity contribution is 6.31. The lowest BCUT2D eigenvalue weighted by atomic mass is 10.0. The third-order valence-electron chi connectivity index (χ3n) is 5.54. The molecule has 0 fully saturated rings. The van der Waals surface area contributed by atoms with Gasteiger partial charge in [0.15, 0.2) is 0 Å². The summed E-state index contributed by atoms with van der Waals surface area (Å²) in [5, 5.41) is 9.24. The van der Waals surface area contributed by atoms with Gasteiger partial charge < -0.3 is 26.7 Å². The van der Waals surface area contributed by atoms with Crippen molar-refractivity contribution in [2.45, 2.75) is 38.8 Å². The Labute approximate surface area is 207 Å². The Kier molecular flexibility index (Phi) is 8.48. The number of halogens is 1. The summed E-state index contributed by atoms with van der Waals surface area (Å²) in [6.45, 7) is 2.84. The molecule has 35 heavy (non-hydrogen) atoms. The number of aromatic nitrogens is 1. The van der Waals surface area contributed by atoms with E-state index in [1.165, 1.54) is 6.92 Å². The zero-order valence-electron chi connectivity index (χ0n) is 19.5. The fourth-order valence-electron chi connectivity index (χ4n) is 3.91. The van der Waals surface area contributed by atoms with Gasteiger partial charge in [0.05, 0.1) is 6.54 Å². The van der Waals surface area contributed by atoms with Crippen LogP contribution in [0.1, 0.15) is 23.7 Å². The Morgan fingerprint density at radius 3 is 2.31 bits per heavy atom. The number of carbonyl (C=O) groups is 4. The zero-order chi connectivity index (χ0) is 25.5. The number of rotatable bonds is 10. The summed E-state index contributed by atoms with van der Waals surface area (Å²) in [5.74, 6) is -2.19. The second-order valence-electron chi connectivity index (χ2n) is 8.31. The van der Waals surface area contributed by atoms with E-state index in [4.69, 9.17) is 17.3 Å². The molecule has 2 aromatic carbocycles. The van der Waals surface area contributed by atoms with Gasteiger partial charge in [-0.15, -0.1) is 0 Å². The molecular weight excluding hydrogens is 470 g/mol. The molecule has 2 atom stereocenters. The maximum absolute atomic E-state index is 13.3. The lowest BCUT2D eigenvalue weighted by Gasteiger charge is -2.23. The molecule has 184 valence electrons. The van der Waals surface area contributed by atoms with Crippen molar-refractivity contribution in [3.63, 3.8) is 0 Å². The Bertz CT molecular complexity index is 1240. The molecule has 3 aromatic rings. The van der Waals surface area contributed by atoms with E-state index in [0.29, 0.717) is 5.02 Å². The van der Waals surface area contributed by atoms with E-state index in [0.717, 1.165) is 27.7 Å². The molecule has 0 saturated carbocycles. The number of carbonyl (C=O) groups excluding carboxylic acids is 4.